The Balaban J connectivity index is 1.68. The summed E-state index contributed by atoms with van der Waals surface area (Å²) in [6, 6.07) is 3.32. The number of nitrogens with one attached hydrogen (secondary N) is 1. The van der Waals surface area contributed by atoms with Gasteiger partial charge in [0.1, 0.15) is 5.76 Å². The summed E-state index contributed by atoms with van der Waals surface area (Å²) in [6.07, 6.45) is 3.25. The molecule has 4 rings (SSSR count). The minimum atomic E-state index is -0.781. The first kappa shape index (κ1) is 18.1. The van der Waals surface area contributed by atoms with Crippen molar-refractivity contribution in [1.29, 1.82) is 0 Å². The van der Waals surface area contributed by atoms with Gasteiger partial charge in [-0.15, -0.1) is 0 Å². The molecule has 0 bridgehead atoms. The van der Waals surface area contributed by atoms with Gasteiger partial charge in [-0.25, -0.2) is 0 Å². The molecule has 2 heterocycles. The van der Waals surface area contributed by atoms with Crippen LogP contribution in [0.25, 0.3) is 5.57 Å². The Hall–Kier alpha value is -1.27. The summed E-state index contributed by atoms with van der Waals surface area (Å²) >= 11 is 12.4. The maximum atomic E-state index is 12.7. The van der Waals surface area contributed by atoms with Crippen LogP contribution in [0.2, 0.25) is 10.0 Å². The average molecular weight is 398 g/mol. The van der Waals surface area contributed by atoms with Gasteiger partial charge >= 0.3 is 0 Å². The number of aliphatic hydroxyl groups is 1. The van der Waals surface area contributed by atoms with Crippen molar-refractivity contribution < 1.29 is 19.4 Å². The third-order valence-electron chi connectivity index (χ3n) is 5.66. The van der Waals surface area contributed by atoms with E-state index in [2.05, 4.69) is 5.32 Å². The standard InChI is InChI=1S/C19H21Cl2NO4/c1-11-9-12(20)10-13(21)14(11)15-16(23)18(22-17(15)24)3-5-19(6-4-18)25-7-2-8-26-19/h9-10,23H,2-8H2,1H3,(H,22,24). The normalized spacial score (nSPS) is 24.3. The van der Waals surface area contributed by atoms with E-state index in [9.17, 15) is 9.90 Å². The molecule has 26 heavy (non-hydrogen) atoms. The molecule has 2 aliphatic heterocycles. The van der Waals surface area contributed by atoms with Crippen LogP contribution in [0.3, 0.4) is 0 Å². The molecule has 2 fully saturated rings. The van der Waals surface area contributed by atoms with E-state index < -0.39 is 11.3 Å². The Labute approximate surface area is 162 Å². The van der Waals surface area contributed by atoms with Crippen molar-refractivity contribution in [2.24, 2.45) is 0 Å². The van der Waals surface area contributed by atoms with Gasteiger partial charge in [0.05, 0.1) is 29.3 Å². The third kappa shape index (κ3) is 2.82. The zero-order valence-corrected chi connectivity index (χ0v) is 16.0. The second-order valence-corrected chi connectivity index (χ2v) is 8.14. The van der Waals surface area contributed by atoms with Crippen LogP contribution in [-0.4, -0.2) is 35.6 Å². The summed E-state index contributed by atoms with van der Waals surface area (Å²) in [5, 5.41) is 14.9. The number of rotatable bonds is 1. The SMILES string of the molecule is Cc1cc(Cl)cc(Cl)c1C1=C(O)C2(CCC3(CC2)OCCCO3)NC1=O. The topological polar surface area (TPSA) is 67.8 Å². The second-order valence-electron chi connectivity index (χ2n) is 7.30. The van der Waals surface area contributed by atoms with Gasteiger partial charge in [0.15, 0.2) is 5.79 Å². The monoisotopic (exact) mass is 397 g/mol. The molecular weight excluding hydrogens is 377 g/mol. The Morgan fingerprint density at radius 2 is 1.77 bits per heavy atom. The number of carbonyl (C=O) groups is 1. The van der Waals surface area contributed by atoms with Crippen LogP contribution in [0, 0.1) is 6.92 Å². The van der Waals surface area contributed by atoms with E-state index in [1.54, 1.807) is 12.1 Å². The van der Waals surface area contributed by atoms with E-state index in [1.165, 1.54) is 0 Å². The van der Waals surface area contributed by atoms with Gasteiger partial charge in [-0.3, -0.25) is 4.79 Å². The van der Waals surface area contributed by atoms with E-state index in [0.29, 0.717) is 54.5 Å². The number of amides is 1. The Kier molecular flexibility index (Phi) is 4.47. The van der Waals surface area contributed by atoms with Gasteiger partial charge in [0, 0.05) is 23.4 Å². The molecule has 0 unspecified atom stereocenters. The highest BCUT2D eigenvalue weighted by molar-refractivity contribution is 6.38. The van der Waals surface area contributed by atoms with Gasteiger partial charge in [-0.2, -0.15) is 0 Å². The number of aryl methyl sites for hydroxylation is 1. The van der Waals surface area contributed by atoms with E-state index in [-0.39, 0.29) is 17.2 Å². The molecule has 1 aliphatic carbocycles. The molecule has 7 heteroatoms. The van der Waals surface area contributed by atoms with Gasteiger partial charge in [-0.1, -0.05) is 23.2 Å². The number of benzene rings is 1. The number of hydrogen-bond acceptors (Lipinski definition) is 4. The van der Waals surface area contributed by atoms with E-state index in [4.69, 9.17) is 32.7 Å². The number of carbonyl (C=O) groups excluding carboxylic acids is 1. The smallest absolute Gasteiger partial charge is 0.256 e. The molecule has 1 aromatic carbocycles. The van der Waals surface area contributed by atoms with E-state index in [0.717, 1.165) is 12.0 Å². The van der Waals surface area contributed by atoms with Crippen molar-refractivity contribution in [3.05, 3.63) is 39.1 Å². The van der Waals surface area contributed by atoms with Gasteiger partial charge in [0.2, 0.25) is 0 Å². The first-order chi connectivity index (χ1) is 12.4. The summed E-state index contributed by atoms with van der Waals surface area (Å²) in [5.74, 6) is -0.831. The van der Waals surface area contributed by atoms with Gasteiger partial charge < -0.3 is 19.9 Å². The molecule has 0 aromatic heterocycles. The van der Waals surface area contributed by atoms with Crippen LogP contribution in [0.15, 0.2) is 17.9 Å². The summed E-state index contributed by atoms with van der Waals surface area (Å²) in [6.45, 7) is 3.20. The fourth-order valence-corrected chi connectivity index (χ4v) is 4.95. The molecule has 1 aromatic rings. The van der Waals surface area contributed by atoms with Gasteiger partial charge in [-0.05, 0) is 43.9 Å². The highest BCUT2D eigenvalue weighted by Gasteiger charge is 2.53. The lowest BCUT2D eigenvalue weighted by atomic mass is 9.77. The summed E-state index contributed by atoms with van der Waals surface area (Å²) < 4.78 is 11.7. The molecule has 1 saturated heterocycles. The van der Waals surface area contributed by atoms with Crippen LogP contribution < -0.4 is 5.32 Å². The van der Waals surface area contributed by atoms with Crippen molar-refractivity contribution in [3.63, 3.8) is 0 Å². The number of hydrogen-bond donors (Lipinski definition) is 2. The maximum absolute atomic E-state index is 12.7. The van der Waals surface area contributed by atoms with Crippen molar-refractivity contribution in [1.82, 2.24) is 5.32 Å². The third-order valence-corrected chi connectivity index (χ3v) is 6.17. The second kappa shape index (κ2) is 6.41. The minimum absolute atomic E-state index is 0.0560. The van der Waals surface area contributed by atoms with Crippen LogP contribution in [0.4, 0.5) is 0 Å². The van der Waals surface area contributed by atoms with E-state index in [1.807, 2.05) is 6.92 Å². The van der Waals surface area contributed by atoms with Crippen LogP contribution >= 0.6 is 23.2 Å². The predicted molar refractivity (Wildman–Crippen MR) is 99.3 cm³/mol. The molecule has 5 nitrogen and oxygen atoms in total. The molecule has 0 radical (unpaired) electrons. The van der Waals surface area contributed by atoms with Crippen LogP contribution in [-0.2, 0) is 14.3 Å². The average Bonchev–Trinajstić information content (AvgIpc) is 2.83. The lowest BCUT2D eigenvalue weighted by molar-refractivity contribution is -0.284. The quantitative estimate of drug-likeness (QED) is 0.746. The highest BCUT2D eigenvalue weighted by Crippen LogP contribution is 2.47. The number of ether oxygens (including phenoxy) is 2. The molecule has 2 spiro atoms. The zero-order valence-electron chi connectivity index (χ0n) is 14.5. The molecule has 0 atom stereocenters. The Morgan fingerprint density at radius 1 is 1.12 bits per heavy atom. The molecule has 140 valence electrons. The first-order valence-electron chi connectivity index (χ1n) is 8.86. The van der Waals surface area contributed by atoms with Crippen LogP contribution in [0.1, 0.15) is 43.2 Å². The molecule has 1 saturated carbocycles. The van der Waals surface area contributed by atoms with Crippen LogP contribution in [0.5, 0.6) is 0 Å². The highest BCUT2D eigenvalue weighted by atomic mass is 35.5. The van der Waals surface area contributed by atoms with Crippen molar-refractivity contribution in [3.8, 4) is 0 Å². The first-order valence-corrected chi connectivity index (χ1v) is 9.62. The maximum Gasteiger partial charge on any atom is 0.256 e. The molecule has 2 N–H and O–H groups in total. The Bertz CT molecular complexity index is 766. The lowest BCUT2D eigenvalue weighted by Crippen LogP contribution is -2.54. The lowest BCUT2D eigenvalue weighted by Gasteiger charge is -2.45. The minimum Gasteiger partial charge on any atom is -0.509 e. The zero-order chi connectivity index (χ0) is 18.5. The predicted octanol–water partition coefficient (Wildman–Crippen LogP) is 4.15. The summed E-state index contributed by atoms with van der Waals surface area (Å²) in [7, 11) is 0. The number of halogens is 2. The fraction of sp³-hybridized carbons (Fsp3) is 0.526. The Morgan fingerprint density at radius 3 is 2.38 bits per heavy atom. The van der Waals surface area contributed by atoms with Crippen molar-refractivity contribution in [2.45, 2.75) is 50.4 Å². The fourth-order valence-electron chi connectivity index (χ4n) is 4.26. The van der Waals surface area contributed by atoms with Crippen molar-refractivity contribution >= 4 is 34.7 Å². The molecule has 1 amide bonds. The molecule has 3 aliphatic rings. The van der Waals surface area contributed by atoms with Gasteiger partial charge in [0.25, 0.3) is 5.91 Å². The largest absolute Gasteiger partial charge is 0.509 e. The number of aliphatic hydroxyl groups excluding tert-OH is 1. The van der Waals surface area contributed by atoms with Crippen molar-refractivity contribution in [2.75, 3.05) is 13.2 Å². The summed E-state index contributed by atoms with van der Waals surface area (Å²) in [5.41, 5.74) is 0.749. The summed E-state index contributed by atoms with van der Waals surface area (Å²) in [4.78, 5) is 12.7. The molecular formula is C19H21Cl2NO4. The van der Waals surface area contributed by atoms with E-state index >= 15 is 0 Å².